The van der Waals surface area contributed by atoms with Crippen LogP contribution in [0, 0.1) is 24.8 Å². The number of aromatic hydroxyl groups is 2. The van der Waals surface area contributed by atoms with Crippen LogP contribution < -0.4 is 0 Å². The molecule has 1 aromatic carbocycles. The Hall–Kier alpha value is -1.76. The van der Waals surface area contributed by atoms with Crippen LogP contribution in [0.25, 0.3) is 4.85 Å². The molecule has 4 nitrogen and oxygen atoms in total. The second-order valence-corrected chi connectivity index (χ2v) is 6.18. The number of phenols is 2. The van der Waals surface area contributed by atoms with Crippen LogP contribution in [-0.2, 0) is 6.42 Å². The van der Waals surface area contributed by atoms with Crippen molar-refractivity contribution in [2.75, 3.05) is 0 Å². The third kappa shape index (κ3) is 2.03. The number of benzene rings is 1. The third-order valence-electron chi connectivity index (χ3n) is 2.88. The van der Waals surface area contributed by atoms with Gasteiger partial charge in [0.2, 0.25) is 0 Å². The van der Waals surface area contributed by atoms with E-state index in [9.17, 15) is 10.2 Å². The number of allylic oxidation sites excluding steroid dienone is 1. The number of fused-ring (bicyclic) bond motifs is 1. The van der Waals surface area contributed by atoms with E-state index in [0.717, 1.165) is 11.8 Å². The topological polar surface area (TPSA) is 68.6 Å². The minimum absolute atomic E-state index is 0.0132. The van der Waals surface area contributed by atoms with Crippen molar-refractivity contribution < 1.29 is 10.2 Å². The molecule has 6 heteroatoms. The Kier molecular flexibility index (Phi) is 3.66. The Morgan fingerprint density at radius 1 is 1.32 bits per heavy atom. The molecular weight excluding hydrogens is 280 g/mol. The Morgan fingerprint density at radius 3 is 2.37 bits per heavy atom. The summed E-state index contributed by atoms with van der Waals surface area (Å²) in [4.78, 5) is 4.23. The zero-order valence-electron chi connectivity index (χ0n) is 10.3. The van der Waals surface area contributed by atoms with Gasteiger partial charge in [0.15, 0.2) is 0 Å². The van der Waals surface area contributed by atoms with Gasteiger partial charge in [-0.05, 0) is 18.9 Å². The number of rotatable bonds is 1. The van der Waals surface area contributed by atoms with E-state index in [2.05, 4.69) is 4.85 Å². The summed E-state index contributed by atoms with van der Waals surface area (Å²) in [6, 6.07) is 1.83. The summed E-state index contributed by atoms with van der Waals surface area (Å²) in [5, 5.41) is 29.3. The highest BCUT2D eigenvalue weighted by molar-refractivity contribution is 8.24. The van der Waals surface area contributed by atoms with Crippen LogP contribution in [0.4, 0.5) is 0 Å². The predicted octanol–water partition coefficient (Wildman–Crippen LogP) is 3.78. The van der Waals surface area contributed by atoms with Crippen molar-refractivity contribution >= 4 is 23.5 Å². The monoisotopic (exact) mass is 290 g/mol. The number of nitrogens with zero attached hydrogens (tertiary/aromatic N) is 2. The van der Waals surface area contributed by atoms with Crippen LogP contribution in [0.2, 0.25) is 0 Å². The lowest BCUT2D eigenvalue weighted by molar-refractivity contribution is 0.427. The van der Waals surface area contributed by atoms with Gasteiger partial charge < -0.3 is 10.2 Å². The van der Waals surface area contributed by atoms with Gasteiger partial charge in [-0.3, -0.25) is 0 Å². The van der Waals surface area contributed by atoms with Gasteiger partial charge in [-0.25, -0.2) is 10.1 Å². The van der Waals surface area contributed by atoms with E-state index in [4.69, 9.17) is 11.8 Å². The smallest absolute Gasteiger partial charge is 0.282 e. The maximum atomic E-state index is 10.2. The van der Waals surface area contributed by atoms with Gasteiger partial charge in [0.05, 0.1) is 26.7 Å². The molecular formula is C13H10N2O2S2. The molecule has 0 bridgehead atoms. The summed E-state index contributed by atoms with van der Waals surface area (Å²) in [6.45, 7) is 10.6. The summed E-state index contributed by atoms with van der Waals surface area (Å²) in [5.74, 6) is 0.266. The van der Waals surface area contributed by atoms with Gasteiger partial charge in [-0.2, -0.15) is 0 Å². The van der Waals surface area contributed by atoms with Crippen molar-refractivity contribution in [3.63, 3.8) is 0 Å². The highest BCUT2D eigenvalue weighted by Crippen LogP contribution is 2.60. The molecule has 0 spiro atoms. The van der Waals surface area contributed by atoms with Gasteiger partial charge >= 0.3 is 0 Å². The standard InChI is InChI=1S/C13H10N2O2S2/c1-4-7-6(2)9(16)11-12(10(7)17)19-13(18-11)8(5-14)15-3/h16-17H,4H2,1-2H3/b13-8-. The summed E-state index contributed by atoms with van der Waals surface area (Å²) in [7, 11) is 0. The molecule has 0 fully saturated rings. The van der Waals surface area contributed by atoms with Crippen LogP contribution in [0.5, 0.6) is 11.5 Å². The van der Waals surface area contributed by atoms with Crippen molar-refractivity contribution in [3.8, 4) is 17.6 Å². The molecule has 0 aromatic heterocycles. The average molecular weight is 290 g/mol. The Bertz CT molecular complexity index is 666. The lowest BCUT2D eigenvalue weighted by atomic mass is 10.0. The fourth-order valence-electron chi connectivity index (χ4n) is 1.88. The summed E-state index contributed by atoms with van der Waals surface area (Å²) in [6.07, 6.45) is 0.608. The van der Waals surface area contributed by atoms with E-state index in [-0.39, 0.29) is 17.2 Å². The Balaban J connectivity index is 2.67. The van der Waals surface area contributed by atoms with Gasteiger partial charge in [-0.15, -0.1) is 0 Å². The summed E-state index contributed by atoms with van der Waals surface area (Å²) >= 11 is 2.33. The van der Waals surface area contributed by atoms with E-state index in [0.29, 0.717) is 31.6 Å². The molecule has 1 heterocycles. The van der Waals surface area contributed by atoms with Crippen LogP contribution in [0.1, 0.15) is 18.1 Å². The first-order valence-corrected chi connectivity index (χ1v) is 7.13. The Labute approximate surface area is 119 Å². The SMILES string of the molecule is [C-]#[N+]/C(C#N)=C1/Sc2c(O)c(C)c(CC)c(O)c2S1. The molecule has 96 valence electrons. The Morgan fingerprint density at radius 2 is 1.89 bits per heavy atom. The van der Waals surface area contributed by atoms with Crippen molar-refractivity contribution in [2.45, 2.75) is 30.1 Å². The van der Waals surface area contributed by atoms with E-state index < -0.39 is 0 Å². The molecule has 0 aliphatic carbocycles. The van der Waals surface area contributed by atoms with Crippen molar-refractivity contribution in [1.29, 1.82) is 5.26 Å². The zero-order chi connectivity index (χ0) is 14.2. The largest absolute Gasteiger partial charge is 0.506 e. The number of thioether (sulfide) groups is 2. The maximum Gasteiger partial charge on any atom is 0.282 e. The molecule has 2 rings (SSSR count). The number of nitriles is 1. The summed E-state index contributed by atoms with van der Waals surface area (Å²) in [5.41, 5.74) is 1.34. The number of hydrogen-bond donors (Lipinski definition) is 2. The minimum atomic E-state index is -0.0132. The highest BCUT2D eigenvalue weighted by Gasteiger charge is 2.30. The fraction of sp³-hybridized carbons (Fsp3) is 0.231. The molecule has 19 heavy (non-hydrogen) atoms. The van der Waals surface area contributed by atoms with Crippen LogP contribution in [0.15, 0.2) is 19.7 Å². The van der Waals surface area contributed by atoms with Crippen LogP contribution in [0.3, 0.4) is 0 Å². The zero-order valence-corrected chi connectivity index (χ0v) is 11.9. The molecule has 0 saturated heterocycles. The van der Waals surface area contributed by atoms with Gasteiger partial charge in [-0.1, -0.05) is 30.4 Å². The first kappa shape index (κ1) is 13.7. The molecule has 2 N–H and O–H groups in total. The first-order chi connectivity index (χ1) is 9.04. The van der Waals surface area contributed by atoms with Crippen molar-refractivity contribution in [2.24, 2.45) is 0 Å². The number of phenolic OH excluding ortho intramolecular Hbond substituents is 2. The lowest BCUT2D eigenvalue weighted by Crippen LogP contribution is -1.91. The molecule has 1 aliphatic heterocycles. The quantitative estimate of drug-likeness (QED) is 0.468. The van der Waals surface area contributed by atoms with Crippen LogP contribution >= 0.6 is 23.5 Å². The predicted molar refractivity (Wildman–Crippen MR) is 74.8 cm³/mol. The molecule has 1 aromatic rings. The third-order valence-corrected chi connectivity index (χ3v) is 5.47. The molecule has 0 atom stereocenters. The second kappa shape index (κ2) is 5.08. The minimum Gasteiger partial charge on any atom is -0.506 e. The fourth-order valence-corrected chi connectivity index (χ4v) is 4.40. The lowest BCUT2D eigenvalue weighted by Gasteiger charge is -2.12. The highest BCUT2D eigenvalue weighted by atomic mass is 32.2. The van der Waals surface area contributed by atoms with Crippen molar-refractivity contribution in [1.82, 2.24) is 0 Å². The molecule has 0 unspecified atom stereocenters. The van der Waals surface area contributed by atoms with E-state index >= 15 is 0 Å². The van der Waals surface area contributed by atoms with Crippen molar-refractivity contribution in [3.05, 3.63) is 32.5 Å². The average Bonchev–Trinajstić information content (AvgIpc) is 2.84. The van der Waals surface area contributed by atoms with E-state index in [1.165, 1.54) is 11.8 Å². The second-order valence-electron chi connectivity index (χ2n) is 3.88. The van der Waals surface area contributed by atoms with Gasteiger partial charge in [0.1, 0.15) is 11.5 Å². The maximum absolute atomic E-state index is 10.2. The molecule has 0 saturated carbocycles. The molecule has 1 aliphatic rings. The van der Waals surface area contributed by atoms with E-state index in [1.54, 1.807) is 6.92 Å². The molecule has 0 amide bonds. The molecule has 0 radical (unpaired) electrons. The first-order valence-electron chi connectivity index (χ1n) is 5.50. The van der Waals surface area contributed by atoms with E-state index in [1.807, 2.05) is 13.0 Å². The normalized spacial score (nSPS) is 15.6. The van der Waals surface area contributed by atoms with Crippen LogP contribution in [-0.4, -0.2) is 10.2 Å². The van der Waals surface area contributed by atoms with Gasteiger partial charge in [0.25, 0.3) is 5.70 Å². The van der Waals surface area contributed by atoms with Gasteiger partial charge in [0, 0.05) is 5.56 Å². The number of hydrogen-bond acceptors (Lipinski definition) is 5. The summed E-state index contributed by atoms with van der Waals surface area (Å²) < 4.78 is 0.505.